The fraction of sp³-hybridized carbons (Fsp3) is 0.429. The molecule has 0 saturated heterocycles. The molecular formula is C14H16F3N3O4S. The zero-order valence-corrected chi connectivity index (χ0v) is 14.4. The van der Waals surface area contributed by atoms with E-state index in [9.17, 15) is 21.6 Å². The molecule has 138 valence electrons. The summed E-state index contributed by atoms with van der Waals surface area (Å²) in [6.07, 6.45) is -3.48. The van der Waals surface area contributed by atoms with Gasteiger partial charge in [-0.25, -0.2) is 8.42 Å². The largest absolute Gasteiger partial charge is 0.471 e. The normalized spacial score (nSPS) is 15.1. The van der Waals surface area contributed by atoms with Gasteiger partial charge in [-0.15, -0.1) is 0 Å². The van der Waals surface area contributed by atoms with Gasteiger partial charge in [0.1, 0.15) is 5.72 Å². The van der Waals surface area contributed by atoms with E-state index in [4.69, 9.17) is 4.74 Å². The molecule has 0 amide bonds. The van der Waals surface area contributed by atoms with Crippen molar-refractivity contribution in [1.29, 1.82) is 0 Å². The minimum Gasteiger partial charge on any atom is -0.363 e. The third kappa shape index (κ3) is 5.25. The molecule has 0 radical (unpaired) electrons. The van der Waals surface area contributed by atoms with Crippen LogP contribution in [0, 0.1) is 0 Å². The lowest BCUT2D eigenvalue weighted by Crippen LogP contribution is -2.48. The molecule has 7 nitrogen and oxygen atoms in total. The highest BCUT2D eigenvalue weighted by Crippen LogP contribution is 2.29. The Kier molecular flexibility index (Phi) is 5.21. The number of nitrogens with one attached hydrogen (secondary N) is 1. The van der Waals surface area contributed by atoms with Crippen LogP contribution in [0.2, 0.25) is 0 Å². The van der Waals surface area contributed by atoms with Crippen LogP contribution in [0.3, 0.4) is 0 Å². The molecule has 0 aliphatic carbocycles. The number of alkyl halides is 3. The van der Waals surface area contributed by atoms with Gasteiger partial charge < -0.3 is 9.26 Å². The van der Waals surface area contributed by atoms with Crippen molar-refractivity contribution in [2.75, 3.05) is 13.4 Å². The molecule has 11 heteroatoms. The number of methoxy groups -OCH3 is 1. The predicted octanol–water partition coefficient (Wildman–Crippen LogP) is 2.21. The van der Waals surface area contributed by atoms with E-state index in [0.717, 1.165) is 6.26 Å². The first kappa shape index (κ1) is 19.3. The van der Waals surface area contributed by atoms with Crippen molar-refractivity contribution < 1.29 is 30.8 Å². The number of halogens is 3. The number of benzene rings is 1. The van der Waals surface area contributed by atoms with E-state index in [2.05, 4.69) is 19.4 Å². The molecule has 1 unspecified atom stereocenters. The van der Waals surface area contributed by atoms with Crippen molar-refractivity contribution in [3.63, 3.8) is 0 Å². The van der Waals surface area contributed by atoms with Crippen LogP contribution < -0.4 is 4.72 Å². The van der Waals surface area contributed by atoms with E-state index >= 15 is 0 Å². The number of hydrogen-bond acceptors (Lipinski definition) is 6. The van der Waals surface area contributed by atoms with E-state index in [1.807, 2.05) is 0 Å². The Labute approximate surface area is 142 Å². The van der Waals surface area contributed by atoms with Gasteiger partial charge in [-0.1, -0.05) is 29.4 Å². The van der Waals surface area contributed by atoms with Gasteiger partial charge in [0.2, 0.25) is 15.8 Å². The molecule has 2 rings (SSSR count). The summed E-state index contributed by atoms with van der Waals surface area (Å²) >= 11 is 0. The third-order valence-corrected chi connectivity index (χ3v) is 4.08. The van der Waals surface area contributed by atoms with Gasteiger partial charge in [0, 0.05) is 19.1 Å². The fourth-order valence-electron chi connectivity index (χ4n) is 2.16. The zero-order chi connectivity index (χ0) is 18.9. The Bertz CT molecular complexity index is 834. The van der Waals surface area contributed by atoms with E-state index in [-0.39, 0.29) is 12.2 Å². The van der Waals surface area contributed by atoms with Crippen LogP contribution >= 0.6 is 0 Å². The minimum absolute atomic E-state index is 0.192. The van der Waals surface area contributed by atoms with Crippen LogP contribution in [0.4, 0.5) is 13.2 Å². The van der Waals surface area contributed by atoms with Gasteiger partial charge in [0.25, 0.3) is 0 Å². The molecule has 2 aromatic rings. The lowest BCUT2D eigenvalue weighted by molar-refractivity contribution is -0.159. The summed E-state index contributed by atoms with van der Waals surface area (Å²) in [6.45, 7) is 1.57. The Hall–Kier alpha value is -1.98. The van der Waals surface area contributed by atoms with Gasteiger partial charge in [0.05, 0.1) is 6.26 Å². The minimum atomic E-state index is -4.71. The van der Waals surface area contributed by atoms with Crippen molar-refractivity contribution in [3.8, 4) is 11.4 Å². The van der Waals surface area contributed by atoms with Crippen LogP contribution in [0.25, 0.3) is 11.4 Å². The number of nitrogens with zero attached hydrogens (tertiary/aromatic N) is 2. The van der Waals surface area contributed by atoms with E-state index < -0.39 is 27.8 Å². The number of rotatable bonds is 6. The molecule has 1 heterocycles. The number of sulfonamides is 1. The van der Waals surface area contributed by atoms with Crippen molar-refractivity contribution >= 4 is 10.0 Å². The van der Waals surface area contributed by atoms with Gasteiger partial charge in [0.15, 0.2) is 0 Å². The lowest BCUT2D eigenvalue weighted by Gasteiger charge is -2.28. The highest BCUT2D eigenvalue weighted by molar-refractivity contribution is 7.88. The number of ether oxygens (including phenoxy) is 1. The Morgan fingerprint density at radius 1 is 1.24 bits per heavy atom. The van der Waals surface area contributed by atoms with Crippen LogP contribution in [0.1, 0.15) is 18.4 Å². The van der Waals surface area contributed by atoms with Gasteiger partial charge in [-0.3, -0.25) is 0 Å². The Morgan fingerprint density at radius 2 is 1.84 bits per heavy atom. The average molecular weight is 379 g/mol. The second-order valence-electron chi connectivity index (χ2n) is 5.60. The molecule has 1 aromatic carbocycles. The predicted molar refractivity (Wildman–Crippen MR) is 81.8 cm³/mol. The monoisotopic (exact) mass is 379 g/mol. The first-order chi connectivity index (χ1) is 11.4. The van der Waals surface area contributed by atoms with Gasteiger partial charge in [-0.2, -0.15) is 22.9 Å². The first-order valence-corrected chi connectivity index (χ1v) is 8.85. The van der Waals surface area contributed by atoms with E-state index in [0.29, 0.717) is 11.1 Å². The first-order valence-electron chi connectivity index (χ1n) is 6.96. The maximum absolute atomic E-state index is 12.5. The van der Waals surface area contributed by atoms with Crippen LogP contribution in [0.15, 0.2) is 28.8 Å². The fourth-order valence-corrected chi connectivity index (χ4v) is 3.10. The smallest absolute Gasteiger partial charge is 0.363 e. The summed E-state index contributed by atoms with van der Waals surface area (Å²) in [5.74, 6) is -1.61. The molecule has 0 fully saturated rings. The van der Waals surface area contributed by atoms with E-state index in [1.165, 1.54) is 19.2 Å². The molecule has 25 heavy (non-hydrogen) atoms. The average Bonchev–Trinajstić information content (AvgIpc) is 2.96. The second kappa shape index (κ2) is 6.73. The second-order valence-corrected chi connectivity index (χ2v) is 7.35. The van der Waals surface area contributed by atoms with Crippen molar-refractivity contribution in [2.45, 2.75) is 25.2 Å². The number of aromatic nitrogens is 2. The maximum atomic E-state index is 12.5. The van der Waals surface area contributed by atoms with Crippen LogP contribution in [-0.4, -0.2) is 37.6 Å². The SMILES string of the molecule is COC(C)(Cc1ccc(-c2noc(C(F)(F)F)n2)cc1)NS(C)(=O)=O. The molecule has 1 aromatic heterocycles. The van der Waals surface area contributed by atoms with Gasteiger partial charge >= 0.3 is 12.1 Å². The van der Waals surface area contributed by atoms with Crippen molar-refractivity contribution in [3.05, 3.63) is 35.7 Å². The molecule has 0 saturated carbocycles. The summed E-state index contributed by atoms with van der Waals surface area (Å²) in [7, 11) is -2.12. The molecular weight excluding hydrogens is 363 g/mol. The molecule has 0 aliphatic rings. The molecule has 1 atom stereocenters. The summed E-state index contributed by atoms with van der Waals surface area (Å²) in [6, 6.07) is 6.24. The third-order valence-electron chi connectivity index (χ3n) is 3.27. The zero-order valence-electron chi connectivity index (χ0n) is 13.6. The Morgan fingerprint density at radius 3 is 2.28 bits per heavy atom. The molecule has 0 spiro atoms. The highest BCUT2D eigenvalue weighted by atomic mass is 32.2. The standard InChI is InChI=1S/C14H16F3N3O4S/c1-13(23-2,20-25(3,21)22)8-9-4-6-10(7-5-9)11-18-12(24-19-11)14(15,16)17/h4-7,20H,8H2,1-3H3. The maximum Gasteiger partial charge on any atom is 0.471 e. The molecule has 1 N–H and O–H groups in total. The lowest BCUT2D eigenvalue weighted by atomic mass is 10.0. The van der Waals surface area contributed by atoms with Crippen molar-refractivity contribution in [2.24, 2.45) is 0 Å². The quantitative estimate of drug-likeness (QED) is 0.774. The summed E-state index contributed by atoms with van der Waals surface area (Å²) < 4.78 is 72.0. The topological polar surface area (TPSA) is 94.3 Å². The number of hydrogen-bond donors (Lipinski definition) is 1. The van der Waals surface area contributed by atoms with E-state index in [1.54, 1.807) is 19.1 Å². The summed E-state index contributed by atoms with van der Waals surface area (Å²) in [4.78, 5) is 3.30. The van der Waals surface area contributed by atoms with Crippen LogP contribution in [-0.2, 0) is 27.4 Å². The van der Waals surface area contributed by atoms with Crippen LogP contribution in [0.5, 0.6) is 0 Å². The van der Waals surface area contributed by atoms with Crippen molar-refractivity contribution in [1.82, 2.24) is 14.9 Å². The Balaban J connectivity index is 2.18. The summed E-state index contributed by atoms with van der Waals surface area (Å²) in [5, 5.41) is 3.30. The molecule has 0 bridgehead atoms. The highest BCUT2D eigenvalue weighted by Gasteiger charge is 2.38. The summed E-state index contributed by atoms with van der Waals surface area (Å²) in [5.41, 5.74) is -0.132. The van der Waals surface area contributed by atoms with Gasteiger partial charge in [-0.05, 0) is 12.5 Å². The molecule has 0 aliphatic heterocycles.